The quantitative estimate of drug-likeness (QED) is 0.454. The number of ether oxygens (including phenoxy) is 1. The van der Waals surface area contributed by atoms with Gasteiger partial charge in [-0.25, -0.2) is 9.59 Å². The number of imide groups is 1. The van der Waals surface area contributed by atoms with Crippen LogP contribution in [0.25, 0.3) is 0 Å². The minimum absolute atomic E-state index is 0.0270. The molecule has 0 fully saturated rings. The maximum absolute atomic E-state index is 12.1. The molecule has 10 heteroatoms. The average Bonchev–Trinajstić information content (AvgIpc) is 2.89. The highest BCUT2D eigenvalue weighted by molar-refractivity contribution is 6.17. The number of β-amino-alcohol motifs (C(OH)–C–C–N with tert-alkyl or cyclic N) is 1. The van der Waals surface area contributed by atoms with E-state index >= 15 is 0 Å². The number of carboxylic acid groups (broad SMARTS) is 1. The predicted octanol–water partition coefficient (Wildman–Crippen LogP) is 0.864. The van der Waals surface area contributed by atoms with Crippen LogP contribution >= 0.6 is 0 Å². The normalized spacial score (nSPS) is 14.9. The van der Waals surface area contributed by atoms with Gasteiger partial charge in [0.25, 0.3) is 11.8 Å². The van der Waals surface area contributed by atoms with E-state index in [1.54, 1.807) is 45.0 Å². The van der Waals surface area contributed by atoms with Crippen LogP contribution in [0.5, 0.6) is 0 Å². The number of alkyl carbamates (subject to hydrolysis) is 1. The molecule has 1 heterocycles. The van der Waals surface area contributed by atoms with Crippen molar-refractivity contribution < 1.29 is 34.1 Å². The van der Waals surface area contributed by atoms with Crippen LogP contribution in [-0.4, -0.2) is 63.8 Å². The molecule has 1 atom stereocenters. The third-order valence-electron chi connectivity index (χ3n) is 3.99. The highest BCUT2D eigenvalue weighted by Crippen LogP contribution is 2.18. The fourth-order valence-electron chi connectivity index (χ4n) is 2.68. The molecule has 0 aromatic heterocycles. The summed E-state index contributed by atoms with van der Waals surface area (Å²) in [5.41, 5.74) is 0.481. The first kappa shape index (κ1) is 22.9. The Bertz CT molecular complexity index is 856. The first-order chi connectivity index (χ1) is 14.0. The van der Waals surface area contributed by atoms with Gasteiger partial charge in [-0.3, -0.25) is 14.5 Å². The number of aliphatic hydroxyl groups excluding tert-OH is 1. The van der Waals surface area contributed by atoms with Crippen LogP contribution in [0, 0.1) is 0 Å². The Morgan fingerprint density at radius 2 is 1.80 bits per heavy atom. The van der Waals surface area contributed by atoms with Gasteiger partial charge in [0, 0.05) is 18.2 Å². The molecule has 0 saturated heterocycles. The molecule has 0 bridgehead atoms. The lowest BCUT2D eigenvalue weighted by Crippen LogP contribution is -2.44. The number of carbonyl (C=O) groups is 4. The van der Waals surface area contributed by atoms with E-state index in [1.807, 2.05) is 0 Å². The van der Waals surface area contributed by atoms with E-state index in [0.29, 0.717) is 11.3 Å². The molecule has 3 amide bonds. The van der Waals surface area contributed by atoms with Crippen LogP contribution in [0.1, 0.15) is 26.3 Å². The zero-order chi connectivity index (χ0) is 22.5. The molecule has 0 radical (unpaired) electrons. The van der Waals surface area contributed by atoms with Gasteiger partial charge >= 0.3 is 12.1 Å². The number of rotatable bonds is 8. The molecule has 1 aliphatic rings. The van der Waals surface area contributed by atoms with Gasteiger partial charge in [-0.2, -0.15) is 0 Å². The predicted molar refractivity (Wildman–Crippen MR) is 106 cm³/mol. The molecule has 2 rings (SSSR count). The molecule has 1 aromatic carbocycles. The number of nitrogens with one attached hydrogen (secondary N) is 2. The van der Waals surface area contributed by atoms with Crippen molar-refractivity contribution in [2.75, 3.05) is 18.5 Å². The third-order valence-corrected chi connectivity index (χ3v) is 3.99. The number of carbonyl (C=O) groups excluding carboxylic acids is 3. The summed E-state index contributed by atoms with van der Waals surface area (Å²) in [6.07, 6.45) is 0.355. The Morgan fingerprint density at radius 1 is 1.17 bits per heavy atom. The first-order valence-electron chi connectivity index (χ1n) is 9.27. The number of nitrogens with zero attached hydrogens (tertiary/aromatic N) is 1. The van der Waals surface area contributed by atoms with Crippen molar-refractivity contribution in [2.45, 2.75) is 38.8 Å². The molecule has 162 valence electrons. The summed E-state index contributed by atoms with van der Waals surface area (Å²) in [7, 11) is 0. The topological polar surface area (TPSA) is 145 Å². The first-order valence-corrected chi connectivity index (χ1v) is 9.27. The highest BCUT2D eigenvalue weighted by Gasteiger charge is 2.30. The molecule has 1 aliphatic heterocycles. The number of anilines is 1. The summed E-state index contributed by atoms with van der Waals surface area (Å²) in [6.45, 7) is 4.62. The SMILES string of the molecule is CC(C)(C)OC(=O)NC(Cc1ccc(NC2=CC(=O)N(CCO)C2=O)cc1)C(=O)O. The van der Waals surface area contributed by atoms with Gasteiger partial charge < -0.3 is 25.6 Å². The maximum atomic E-state index is 12.1. The van der Waals surface area contributed by atoms with Gasteiger partial charge in [0.05, 0.1) is 13.2 Å². The second-order valence-electron chi connectivity index (χ2n) is 7.64. The van der Waals surface area contributed by atoms with Gasteiger partial charge in [0.2, 0.25) is 0 Å². The molecule has 1 aromatic rings. The lowest BCUT2D eigenvalue weighted by Gasteiger charge is -2.22. The van der Waals surface area contributed by atoms with Crippen molar-refractivity contribution in [2.24, 2.45) is 0 Å². The number of aliphatic hydroxyl groups is 1. The van der Waals surface area contributed by atoms with E-state index in [-0.39, 0.29) is 25.3 Å². The summed E-state index contributed by atoms with van der Waals surface area (Å²) in [4.78, 5) is 48.2. The van der Waals surface area contributed by atoms with E-state index in [1.165, 1.54) is 0 Å². The zero-order valence-electron chi connectivity index (χ0n) is 17.0. The summed E-state index contributed by atoms with van der Waals surface area (Å²) < 4.78 is 5.09. The molecule has 0 aliphatic carbocycles. The monoisotopic (exact) mass is 419 g/mol. The van der Waals surface area contributed by atoms with Crippen LogP contribution in [0.15, 0.2) is 36.0 Å². The van der Waals surface area contributed by atoms with Crippen molar-refractivity contribution in [1.82, 2.24) is 10.2 Å². The smallest absolute Gasteiger partial charge is 0.408 e. The van der Waals surface area contributed by atoms with E-state index in [2.05, 4.69) is 10.6 Å². The number of amides is 3. The molecular formula is C20H25N3O7. The minimum atomic E-state index is -1.20. The number of hydrogen-bond acceptors (Lipinski definition) is 7. The lowest BCUT2D eigenvalue weighted by molar-refractivity contribution is -0.140. The molecular weight excluding hydrogens is 394 g/mol. The molecule has 4 N–H and O–H groups in total. The van der Waals surface area contributed by atoms with Crippen molar-refractivity contribution in [1.29, 1.82) is 0 Å². The van der Waals surface area contributed by atoms with Gasteiger partial charge in [0.15, 0.2) is 0 Å². The van der Waals surface area contributed by atoms with E-state index in [9.17, 15) is 24.3 Å². The van der Waals surface area contributed by atoms with Gasteiger partial charge in [-0.05, 0) is 38.5 Å². The van der Waals surface area contributed by atoms with Crippen molar-refractivity contribution in [3.8, 4) is 0 Å². The highest BCUT2D eigenvalue weighted by atomic mass is 16.6. The second-order valence-corrected chi connectivity index (χ2v) is 7.64. The Balaban J connectivity index is 2.00. The molecule has 0 spiro atoms. The van der Waals surface area contributed by atoms with Gasteiger partial charge in [0.1, 0.15) is 17.3 Å². The van der Waals surface area contributed by atoms with Crippen LogP contribution in [-0.2, 0) is 25.5 Å². The fourth-order valence-corrected chi connectivity index (χ4v) is 2.68. The van der Waals surface area contributed by atoms with Crippen molar-refractivity contribution in [3.63, 3.8) is 0 Å². The van der Waals surface area contributed by atoms with E-state index in [0.717, 1.165) is 11.0 Å². The largest absolute Gasteiger partial charge is 0.480 e. The second kappa shape index (κ2) is 9.40. The molecule has 30 heavy (non-hydrogen) atoms. The molecule has 0 saturated carbocycles. The average molecular weight is 419 g/mol. The lowest BCUT2D eigenvalue weighted by atomic mass is 10.1. The van der Waals surface area contributed by atoms with Crippen LogP contribution < -0.4 is 10.6 Å². The Kier molecular flexibility index (Phi) is 7.17. The van der Waals surface area contributed by atoms with Crippen molar-refractivity contribution in [3.05, 3.63) is 41.6 Å². The summed E-state index contributed by atoms with van der Waals surface area (Å²) in [5, 5.41) is 23.5. The van der Waals surface area contributed by atoms with Crippen LogP contribution in [0.2, 0.25) is 0 Å². The van der Waals surface area contributed by atoms with Crippen LogP contribution in [0.4, 0.5) is 10.5 Å². The Hall–Kier alpha value is -3.40. The minimum Gasteiger partial charge on any atom is -0.480 e. The van der Waals surface area contributed by atoms with Gasteiger partial charge in [-0.1, -0.05) is 12.1 Å². The Morgan fingerprint density at radius 3 is 2.33 bits per heavy atom. The summed E-state index contributed by atoms with van der Waals surface area (Å²) >= 11 is 0. The van der Waals surface area contributed by atoms with Crippen LogP contribution in [0.3, 0.4) is 0 Å². The third kappa shape index (κ3) is 6.31. The summed E-state index contributed by atoms with van der Waals surface area (Å²) in [6, 6.07) is 5.34. The van der Waals surface area contributed by atoms with Crippen molar-refractivity contribution >= 4 is 29.6 Å². The molecule has 1 unspecified atom stereocenters. The molecule has 10 nitrogen and oxygen atoms in total. The number of carboxylic acids is 1. The zero-order valence-corrected chi connectivity index (χ0v) is 17.0. The standard InChI is InChI=1S/C20H25N3O7/c1-20(2,3)30-19(29)22-15(18(27)28)10-12-4-6-13(7-5-12)21-14-11-16(25)23(8-9-24)17(14)26/h4-7,11,15,21,24H,8-10H2,1-3H3,(H,22,29)(H,27,28). The van der Waals surface area contributed by atoms with Gasteiger partial charge in [-0.15, -0.1) is 0 Å². The van der Waals surface area contributed by atoms with E-state index < -0.39 is 35.5 Å². The Labute approximate surface area is 173 Å². The number of benzene rings is 1. The number of hydrogen-bond donors (Lipinski definition) is 4. The fraction of sp³-hybridized carbons (Fsp3) is 0.400. The number of aliphatic carboxylic acids is 1. The maximum Gasteiger partial charge on any atom is 0.408 e. The summed E-state index contributed by atoms with van der Waals surface area (Å²) in [5.74, 6) is -2.25. The van der Waals surface area contributed by atoms with E-state index in [4.69, 9.17) is 9.84 Å².